The van der Waals surface area contributed by atoms with Crippen LogP contribution in [0.4, 0.5) is 0 Å². The third kappa shape index (κ3) is 9.33. The lowest BCUT2D eigenvalue weighted by Crippen LogP contribution is -2.47. The Balaban J connectivity index is 1.87. The molecule has 0 unspecified atom stereocenters. The van der Waals surface area contributed by atoms with Gasteiger partial charge in [0.05, 0.1) is 19.8 Å². The van der Waals surface area contributed by atoms with Gasteiger partial charge in [0.2, 0.25) is 0 Å². The Morgan fingerprint density at radius 2 is 1.21 bits per heavy atom. The number of rotatable bonds is 9. The highest BCUT2D eigenvalue weighted by Crippen LogP contribution is 2.32. The number of benzene rings is 2. The molecule has 8 heteroatoms. The van der Waals surface area contributed by atoms with Gasteiger partial charge >= 0.3 is 0 Å². The molecule has 0 bridgehead atoms. The van der Waals surface area contributed by atoms with Crippen molar-refractivity contribution in [3.63, 3.8) is 0 Å². The summed E-state index contributed by atoms with van der Waals surface area (Å²) in [5.74, 6) is 2.66. The van der Waals surface area contributed by atoms with Crippen LogP contribution in [-0.4, -0.2) is 74.8 Å². The van der Waals surface area contributed by atoms with Crippen molar-refractivity contribution in [3.05, 3.63) is 48.5 Å². The van der Waals surface area contributed by atoms with Gasteiger partial charge in [0, 0.05) is 13.1 Å². The molecule has 1 aliphatic rings. The molecular formula is C30H43NO6S. The SMILES string of the molecule is CCCN(CCC)C(=S)COC1(CCC)COc2ccccc2OCCOCCOc2ccccc2OC1. The van der Waals surface area contributed by atoms with E-state index in [0.29, 0.717) is 56.0 Å². The van der Waals surface area contributed by atoms with Crippen LogP contribution in [-0.2, 0) is 9.47 Å². The maximum Gasteiger partial charge on any atom is 0.161 e. The Bertz CT molecular complexity index is 910. The molecule has 0 saturated heterocycles. The van der Waals surface area contributed by atoms with Crippen molar-refractivity contribution < 1.29 is 28.4 Å². The second-order valence-corrected chi connectivity index (χ2v) is 9.85. The van der Waals surface area contributed by atoms with Crippen LogP contribution in [0, 0.1) is 0 Å². The number of thiocarbonyl (C=S) groups is 1. The summed E-state index contributed by atoms with van der Waals surface area (Å²) in [5.41, 5.74) is -0.733. The molecule has 1 aliphatic heterocycles. The van der Waals surface area contributed by atoms with E-state index in [1.807, 2.05) is 48.5 Å². The smallest absolute Gasteiger partial charge is 0.161 e. The van der Waals surface area contributed by atoms with Gasteiger partial charge in [-0.3, -0.25) is 0 Å². The maximum absolute atomic E-state index is 6.65. The number of hydrogen-bond donors (Lipinski definition) is 0. The molecule has 0 aliphatic carbocycles. The Morgan fingerprint density at radius 1 is 0.737 bits per heavy atom. The van der Waals surface area contributed by atoms with Gasteiger partial charge in [-0.1, -0.05) is 63.7 Å². The van der Waals surface area contributed by atoms with Gasteiger partial charge in [0.15, 0.2) is 23.0 Å². The molecule has 210 valence electrons. The van der Waals surface area contributed by atoms with Crippen LogP contribution >= 0.6 is 12.2 Å². The van der Waals surface area contributed by atoms with Gasteiger partial charge in [0.1, 0.15) is 37.0 Å². The zero-order chi connectivity index (χ0) is 27.1. The van der Waals surface area contributed by atoms with Crippen molar-refractivity contribution in [1.82, 2.24) is 4.90 Å². The van der Waals surface area contributed by atoms with E-state index in [2.05, 4.69) is 25.7 Å². The molecule has 0 amide bonds. The molecule has 0 saturated carbocycles. The molecule has 0 atom stereocenters. The van der Waals surface area contributed by atoms with Crippen molar-refractivity contribution in [2.75, 3.05) is 59.3 Å². The highest BCUT2D eigenvalue weighted by atomic mass is 32.1. The topological polar surface area (TPSA) is 58.6 Å². The highest BCUT2D eigenvalue weighted by Gasteiger charge is 2.34. The van der Waals surface area contributed by atoms with Crippen molar-refractivity contribution in [1.29, 1.82) is 0 Å². The molecular weight excluding hydrogens is 502 g/mol. The second kappa shape index (κ2) is 16.4. The van der Waals surface area contributed by atoms with Gasteiger partial charge in [-0.2, -0.15) is 0 Å². The zero-order valence-electron chi connectivity index (χ0n) is 23.1. The maximum atomic E-state index is 6.65. The van der Waals surface area contributed by atoms with E-state index in [-0.39, 0.29) is 13.2 Å². The highest BCUT2D eigenvalue weighted by molar-refractivity contribution is 7.80. The summed E-state index contributed by atoms with van der Waals surface area (Å²) in [6.45, 7) is 10.9. The summed E-state index contributed by atoms with van der Waals surface area (Å²) < 4.78 is 37.0. The first kappa shape index (κ1) is 30.0. The summed E-state index contributed by atoms with van der Waals surface area (Å²) in [6, 6.07) is 15.4. The fourth-order valence-electron chi connectivity index (χ4n) is 4.32. The van der Waals surface area contributed by atoms with Crippen molar-refractivity contribution in [2.24, 2.45) is 0 Å². The van der Waals surface area contributed by atoms with E-state index >= 15 is 0 Å². The standard InChI is InChI=1S/C30H43NO6S/c1-4-15-30(37-22-29(38)31(16-5-2)17-6-3)23-35-27-13-9-7-11-25(27)33-20-18-32-19-21-34-26-12-8-10-14-28(26)36-24-30/h7-14H,4-6,15-24H2,1-3H3. The summed E-state index contributed by atoms with van der Waals surface area (Å²) in [7, 11) is 0. The predicted octanol–water partition coefficient (Wildman–Crippen LogP) is 5.94. The summed E-state index contributed by atoms with van der Waals surface area (Å²) in [4.78, 5) is 3.05. The quantitative estimate of drug-likeness (QED) is 0.359. The van der Waals surface area contributed by atoms with Crippen LogP contribution in [0.5, 0.6) is 23.0 Å². The fraction of sp³-hybridized carbons (Fsp3) is 0.567. The van der Waals surface area contributed by atoms with Gasteiger partial charge in [-0.05, 0) is 43.5 Å². The summed E-state index contributed by atoms with van der Waals surface area (Å²) >= 11 is 5.81. The summed E-state index contributed by atoms with van der Waals surface area (Å²) in [5, 5.41) is 0. The van der Waals surface area contributed by atoms with E-state index in [1.54, 1.807) is 0 Å². The fourth-order valence-corrected chi connectivity index (χ4v) is 4.56. The molecule has 7 nitrogen and oxygen atoms in total. The number of fused-ring (bicyclic) bond motifs is 2. The third-order valence-electron chi connectivity index (χ3n) is 6.20. The van der Waals surface area contributed by atoms with Crippen LogP contribution < -0.4 is 18.9 Å². The average Bonchev–Trinajstić information content (AvgIpc) is 2.93. The average molecular weight is 546 g/mol. The van der Waals surface area contributed by atoms with E-state index in [0.717, 1.165) is 43.8 Å². The van der Waals surface area contributed by atoms with Crippen molar-refractivity contribution in [2.45, 2.75) is 52.1 Å². The molecule has 0 N–H and O–H groups in total. The van der Waals surface area contributed by atoms with E-state index in [9.17, 15) is 0 Å². The number of para-hydroxylation sites is 4. The lowest BCUT2D eigenvalue weighted by molar-refractivity contribution is -0.0905. The Kier molecular flexibility index (Phi) is 13.0. The molecule has 2 aromatic carbocycles. The Labute approximate surface area is 233 Å². The van der Waals surface area contributed by atoms with E-state index < -0.39 is 5.60 Å². The number of ether oxygens (including phenoxy) is 6. The van der Waals surface area contributed by atoms with Gasteiger partial charge in [-0.25, -0.2) is 0 Å². The van der Waals surface area contributed by atoms with E-state index in [1.165, 1.54) is 0 Å². The first-order chi connectivity index (χ1) is 18.6. The number of hydrogen-bond acceptors (Lipinski definition) is 7. The van der Waals surface area contributed by atoms with Crippen LogP contribution in [0.3, 0.4) is 0 Å². The molecule has 3 rings (SSSR count). The molecule has 0 radical (unpaired) electrons. The molecule has 38 heavy (non-hydrogen) atoms. The molecule has 0 spiro atoms. The minimum atomic E-state index is -0.733. The predicted molar refractivity (Wildman–Crippen MR) is 154 cm³/mol. The summed E-state index contributed by atoms with van der Waals surface area (Å²) in [6.07, 6.45) is 3.69. The van der Waals surface area contributed by atoms with Gasteiger partial charge in [0.25, 0.3) is 0 Å². The normalized spacial score (nSPS) is 16.0. The third-order valence-corrected chi connectivity index (χ3v) is 6.57. The van der Waals surface area contributed by atoms with E-state index in [4.69, 9.17) is 40.6 Å². The van der Waals surface area contributed by atoms with Crippen molar-refractivity contribution >= 4 is 17.2 Å². The van der Waals surface area contributed by atoms with Crippen molar-refractivity contribution in [3.8, 4) is 23.0 Å². The Morgan fingerprint density at radius 3 is 1.66 bits per heavy atom. The monoisotopic (exact) mass is 545 g/mol. The minimum absolute atomic E-state index is 0.283. The second-order valence-electron chi connectivity index (χ2n) is 9.38. The molecule has 0 fully saturated rings. The van der Waals surface area contributed by atoms with Gasteiger partial charge in [-0.15, -0.1) is 0 Å². The molecule has 0 aromatic heterocycles. The first-order valence-electron chi connectivity index (χ1n) is 13.8. The lowest BCUT2D eigenvalue weighted by Gasteiger charge is -2.35. The Hall–Kier alpha value is -2.55. The first-order valence-corrected chi connectivity index (χ1v) is 14.2. The zero-order valence-corrected chi connectivity index (χ0v) is 23.9. The van der Waals surface area contributed by atoms with Crippen LogP contribution in [0.1, 0.15) is 46.5 Å². The van der Waals surface area contributed by atoms with Crippen LogP contribution in [0.15, 0.2) is 48.5 Å². The van der Waals surface area contributed by atoms with Crippen LogP contribution in [0.2, 0.25) is 0 Å². The van der Waals surface area contributed by atoms with Gasteiger partial charge < -0.3 is 33.3 Å². The van der Waals surface area contributed by atoms with Crippen LogP contribution in [0.25, 0.3) is 0 Å². The minimum Gasteiger partial charge on any atom is -0.487 e. The molecule has 2 aromatic rings. The molecule has 1 heterocycles. The number of nitrogens with zero attached hydrogens (tertiary/aromatic N) is 1. The largest absolute Gasteiger partial charge is 0.487 e. The lowest BCUT2D eigenvalue weighted by atomic mass is 9.99.